The summed E-state index contributed by atoms with van der Waals surface area (Å²) in [6, 6.07) is 7.88. The van der Waals surface area contributed by atoms with Gasteiger partial charge in [-0.3, -0.25) is 4.90 Å². The molecule has 2 atom stereocenters. The largest absolute Gasteiger partial charge is 0.439 e. The lowest BCUT2D eigenvalue weighted by atomic mass is 9.94. The SMILES string of the molecule is CN(Cc1ncc(-c2cccc(Br)c2)o1)C1CCCCC1S(C)(=O)=O. The van der Waals surface area contributed by atoms with E-state index in [1.54, 1.807) is 6.20 Å². The summed E-state index contributed by atoms with van der Waals surface area (Å²) in [5, 5.41) is -0.300. The van der Waals surface area contributed by atoms with Crippen LogP contribution in [0.4, 0.5) is 0 Å². The van der Waals surface area contributed by atoms with E-state index < -0.39 is 9.84 Å². The van der Waals surface area contributed by atoms with Crippen LogP contribution in [0.25, 0.3) is 11.3 Å². The maximum Gasteiger partial charge on any atom is 0.209 e. The fourth-order valence-corrected chi connectivity index (χ4v) is 5.48. The lowest BCUT2D eigenvalue weighted by Crippen LogP contribution is -2.46. The Morgan fingerprint density at radius 1 is 1.32 bits per heavy atom. The second-order valence-electron chi connectivity index (χ2n) is 6.76. The van der Waals surface area contributed by atoms with Gasteiger partial charge in [-0.2, -0.15) is 0 Å². The standard InChI is InChI=1S/C18H23BrN2O3S/c1-21(15-8-3-4-9-17(15)25(2,22)23)12-18-20-11-16(24-18)13-6-5-7-14(19)10-13/h5-7,10-11,15,17H,3-4,8-9,12H2,1-2H3. The first-order valence-electron chi connectivity index (χ1n) is 8.44. The fourth-order valence-electron chi connectivity index (χ4n) is 3.57. The Labute approximate surface area is 157 Å². The third-order valence-corrected chi connectivity index (χ3v) is 6.97. The van der Waals surface area contributed by atoms with E-state index in [9.17, 15) is 8.42 Å². The molecule has 1 aliphatic carbocycles. The summed E-state index contributed by atoms with van der Waals surface area (Å²) < 4.78 is 31.1. The molecule has 0 saturated heterocycles. The number of benzene rings is 1. The van der Waals surface area contributed by atoms with Gasteiger partial charge in [-0.1, -0.05) is 40.9 Å². The summed E-state index contributed by atoms with van der Waals surface area (Å²) in [4.78, 5) is 6.44. The fraction of sp³-hybridized carbons (Fsp3) is 0.500. The van der Waals surface area contributed by atoms with Crippen LogP contribution < -0.4 is 0 Å². The maximum absolute atomic E-state index is 12.1. The van der Waals surface area contributed by atoms with Crippen molar-refractivity contribution < 1.29 is 12.8 Å². The average molecular weight is 427 g/mol. The monoisotopic (exact) mass is 426 g/mol. The lowest BCUT2D eigenvalue weighted by molar-refractivity contribution is 0.173. The van der Waals surface area contributed by atoms with E-state index in [-0.39, 0.29) is 11.3 Å². The molecule has 2 unspecified atom stereocenters. The molecule has 25 heavy (non-hydrogen) atoms. The number of sulfone groups is 1. The zero-order valence-electron chi connectivity index (χ0n) is 14.5. The predicted molar refractivity (Wildman–Crippen MR) is 102 cm³/mol. The third-order valence-electron chi connectivity index (χ3n) is 4.83. The van der Waals surface area contributed by atoms with E-state index in [2.05, 4.69) is 25.8 Å². The van der Waals surface area contributed by atoms with Crippen LogP contribution in [-0.2, 0) is 16.4 Å². The minimum atomic E-state index is -3.05. The van der Waals surface area contributed by atoms with E-state index in [1.165, 1.54) is 6.26 Å². The van der Waals surface area contributed by atoms with E-state index in [4.69, 9.17) is 4.42 Å². The molecule has 1 fully saturated rings. The smallest absolute Gasteiger partial charge is 0.209 e. The number of nitrogens with zero attached hydrogens (tertiary/aromatic N) is 2. The first-order chi connectivity index (χ1) is 11.8. The van der Waals surface area contributed by atoms with Crippen LogP contribution in [0, 0.1) is 0 Å². The molecule has 0 bridgehead atoms. The Hall–Kier alpha value is -1.18. The summed E-state index contributed by atoms with van der Waals surface area (Å²) in [6.07, 6.45) is 6.75. The number of halogens is 1. The van der Waals surface area contributed by atoms with Crippen LogP contribution in [0.3, 0.4) is 0 Å². The minimum absolute atomic E-state index is 0.0185. The average Bonchev–Trinajstić information content (AvgIpc) is 3.02. The van der Waals surface area contributed by atoms with Crippen molar-refractivity contribution in [3.8, 4) is 11.3 Å². The molecule has 1 saturated carbocycles. The highest BCUT2D eigenvalue weighted by atomic mass is 79.9. The van der Waals surface area contributed by atoms with E-state index in [1.807, 2.05) is 31.3 Å². The number of aromatic nitrogens is 1. The van der Waals surface area contributed by atoms with Crippen LogP contribution in [0.2, 0.25) is 0 Å². The third kappa shape index (κ3) is 4.51. The first-order valence-corrected chi connectivity index (χ1v) is 11.2. The second-order valence-corrected chi connectivity index (χ2v) is 9.94. The van der Waals surface area contributed by atoms with Gasteiger partial charge in [-0.25, -0.2) is 13.4 Å². The number of hydrogen-bond donors (Lipinski definition) is 0. The zero-order chi connectivity index (χ0) is 18.0. The van der Waals surface area contributed by atoms with Crippen LogP contribution in [0.15, 0.2) is 39.4 Å². The minimum Gasteiger partial charge on any atom is -0.439 e. The van der Waals surface area contributed by atoms with E-state index in [0.29, 0.717) is 18.2 Å². The van der Waals surface area contributed by atoms with Gasteiger partial charge in [-0.15, -0.1) is 0 Å². The van der Waals surface area contributed by atoms with Gasteiger partial charge in [0.1, 0.15) is 0 Å². The highest BCUT2D eigenvalue weighted by Crippen LogP contribution is 2.29. The summed E-state index contributed by atoms with van der Waals surface area (Å²) in [6.45, 7) is 0.505. The number of rotatable bonds is 5. The number of hydrogen-bond acceptors (Lipinski definition) is 5. The Kier molecular flexibility index (Phi) is 5.65. The van der Waals surface area contributed by atoms with Gasteiger partial charge >= 0.3 is 0 Å². The molecule has 3 rings (SSSR count). The lowest BCUT2D eigenvalue weighted by Gasteiger charge is -2.36. The van der Waals surface area contributed by atoms with Gasteiger partial charge in [0.05, 0.1) is 18.0 Å². The quantitative estimate of drug-likeness (QED) is 0.725. The molecule has 1 aromatic heterocycles. The molecule has 0 aliphatic heterocycles. The van der Waals surface area contributed by atoms with Crippen molar-refractivity contribution in [3.63, 3.8) is 0 Å². The summed E-state index contributed by atoms with van der Waals surface area (Å²) in [7, 11) is -1.10. The molecule has 1 heterocycles. The highest BCUT2D eigenvalue weighted by Gasteiger charge is 2.35. The normalized spacial score (nSPS) is 21.6. The number of oxazole rings is 1. The Morgan fingerprint density at radius 2 is 2.08 bits per heavy atom. The van der Waals surface area contributed by atoms with Crippen molar-refractivity contribution in [2.24, 2.45) is 0 Å². The van der Waals surface area contributed by atoms with Crippen molar-refractivity contribution in [1.82, 2.24) is 9.88 Å². The van der Waals surface area contributed by atoms with Crippen molar-refractivity contribution in [2.45, 2.75) is 43.5 Å². The Bertz CT molecular complexity index is 834. The topological polar surface area (TPSA) is 63.4 Å². The van der Waals surface area contributed by atoms with Crippen LogP contribution in [0.1, 0.15) is 31.6 Å². The van der Waals surface area contributed by atoms with Gasteiger partial charge in [0.25, 0.3) is 0 Å². The van der Waals surface area contributed by atoms with Crippen molar-refractivity contribution in [1.29, 1.82) is 0 Å². The van der Waals surface area contributed by atoms with Gasteiger partial charge < -0.3 is 4.42 Å². The molecule has 0 radical (unpaired) electrons. The van der Waals surface area contributed by atoms with Crippen LogP contribution >= 0.6 is 15.9 Å². The van der Waals surface area contributed by atoms with E-state index in [0.717, 1.165) is 35.7 Å². The van der Waals surface area contributed by atoms with Gasteiger partial charge in [-0.05, 0) is 32.0 Å². The van der Waals surface area contributed by atoms with Gasteiger partial charge in [0.15, 0.2) is 15.6 Å². The van der Waals surface area contributed by atoms with Crippen molar-refractivity contribution in [3.05, 3.63) is 40.8 Å². The van der Waals surface area contributed by atoms with Gasteiger partial charge in [0, 0.05) is 22.3 Å². The second kappa shape index (κ2) is 7.60. The Morgan fingerprint density at radius 3 is 2.80 bits per heavy atom. The zero-order valence-corrected chi connectivity index (χ0v) is 16.9. The molecule has 2 aromatic rings. The summed E-state index contributed by atoms with van der Waals surface area (Å²) >= 11 is 3.46. The molecular formula is C18H23BrN2O3S. The molecule has 0 amide bonds. The van der Waals surface area contributed by atoms with Crippen molar-refractivity contribution >= 4 is 25.8 Å². The summed E-state index contributed by atoms with van der Waals surface area (Å²) in [5.41, 5.74) is 0.961. The molecule has 0 spiro atoms. The Balaban J connectivity index is 1.74. The molecule has 0 N–H and O–H groups in total. The van der Waals surface area contributed by atoms with Crippen LogP contribution in [0.5, 0.6) is 0 Å². The summed E-state index contributed by atoms with van der Waals surface area (Å²) in [5.74, 6) is 1.32. The molecular weight excluding hydrogens is 404 g/mol. The molecule has 5 nitrogen and oxygen atoms in total. The highest BCUT2D eigenvalue weighted by molar-refractivity contribution is 9.10. The van der Waals surface area contributed by atoms with Gasteiger partial charge in [0.2, 0.25) is 5.89 Å². The van der Waals surface area contributed by atoms with Crippen molar-refractivity contribution in [2.75, 3.05) is 13.3 Å². The molecule has 136 valence electrons. The van der Waals surface area contributed by atoms with Crippen LogP contribution in [-0.4, -0.2) is 42.9 Å². The predicted octanol–water partition coefficient (Wildman–Crippen LogP) is 3.89. The molecule has 1 aliphatic rings. The maximum atomic E-state index is 12.1. The molecule has 1 aromatic carbocycles. The first kappa shape index (κ1) is 18.6. The molecule has 7 heteroatoms. The van der Waals surface area contributed by atoms with E-state index >= 15 is 0 Å².